The molecule has 0 aromatic heterocycles. The number of rotatable bonds is 5. The second-order valence-corrected chi connectivity index (χ2v) is 5.20. The lowest BCUT2D eigenvalue weighted by Crippen LogP contribution is -2.18. The van der Waals surface area contributed by atoms with Crippen LogP contribution in [0.15, 0.2) is 48.5 Å². The summed E-state index contributed by atoms with van der Waals surface area (Å²) >= 11 is 6.15. The molecule has 0 spiro atoms. The van der Waals surface area contributed by atoms with Crippen molar-refractivity contribution in [3.8, 4) is 0 Å². The van der Waals surface area contributed by atoms with Crippen LogP contribution >= 0.6 is 11.6 Å². The molecule has 2 aromatic carbocycles. The van der Waals surface area contributed by atoms with E-state index in [1.54, 1.807) is 0 Å². The van der Waals surface area contributed by atoms with Crippen LogP contribution in [0.3, 0.4) is 0 Å². The standard InChI is InChI=1S/C17H20ClN/c1-3-14-8-10-15(11-9-14)13(2)19-12-16-6-4-5-7-17(16)18/h4-11,13,19H,3,12H2,1-2H3. The zero-order chi connectivity index (χ0) is 13.7. The van der Waals surface area contributed by atoms with Gasteiger partial charge in [-0.15, -0.1) is 0 Å². The topological polar surface area (TPSA) is 12.0 Å². The lowest BCUT2D eigenvalue weighted by Gasteiger charge is -2.15. The van der Waals surface area contributed by atoms with Crippen LogP contribution in [0, 0.1) is 0 Å². The van der Waals surface area contributed by atoms with Gasteiger partial charge in [0.05, 0.1) is 0 Å². The maximum atomic E-state index is 6.15. The van der Waals surface area contributed by atoms with Gasteiger partial charge >= 0.3 is 0 Å². The van der Waals surface area contributed by atoms with Crippen molar-refractivity contribution in [3.63, 3.8) is 0 Å². The first-order valence-electron chi connectivity index (χ1n) is 6.76. The van der Waals surface area contributed by atoms with Gasteiger partial charge in [0.15, 0.2) is 0 Å². The molecule has 2 aromatic rings. The van der Waals surface area contributed by atoms with Crippen molar-refractivity contribution in [2.24, 2.45) is 0 Å². The molecule has 0 aliphatic heterocycles. The summed E-state index contributed by atoms with van der Waals surface area (Å²) in [6, 6.07) is 17.1. The summed E-state index contributed by atoms with van der Waals surface area (Å²) in [6.07, 6.45) is 1.09. The van der Waals surface area contributed by atoms with E-state index in [2.05, 4.69) is 49.5 Å². The smallest absolute Gasteiger partial charge is 0.0450 e. The molecule has 0 aliphatic carbocycles. The highest BCUT2D eigenvalue weighted by Crippen LogP contribution is 2.18. The molecular formula is C17H20ClN. The fourth-order valence-corrected chi connectivity index (χ4v) is 2.27. The zero-order valence-corrected chi connectivity index (χ0v) is 12.2. The van der Waals surface area contributed by atoms with Crippen molar-refractivity contribution in [1.82, 2.24) is 5.32 Å². The SMILES string of the molecule is CCc1ccc(C(C)NCc2ccccc2Cl)cc1. The van der Waals surface area contributed by atoms with E-state index in [4.69, 9.17) is 11.6 Å². The Labute approximate surface area is 120 Å². The molecule has 0 radical (unpaired) electrons. The van der Waals surface area contributed by atoms with Crippen molar-refractivity contribution in [2.75, 3.05) is 0 Å². The highest BCUT2D eigenvalue weighted by molar-refractivity contribution is 6.31. The maximum absolute atomic E-state index is 6.15. The van der Waals surface area contributed by atoms with Gasteiger partial charge in [-0.3, -0.25) is 0 Å². The number of benzene rings is 2. The summed E-state index contributed by atoms with van der Waals surface area (Å²) in [6.45, 7) is 5.14. The highest BCUT2D eigenvalue weighted by Gasteiger charge is 2.06. The molecule has 2 heteroatoms. The summed E-state index contributed by atoms with van der Waals surface area (Å²) in [5.74, 6) is 0. The van der Waals surface area contributed by atoms with E-state index in [0.29, 0.717) is 6.04 Å². The van der Waals surface area contributed by atoms with Gasteiger partial charge in [0.1, 0.15) is 0 Å². The average Bonchev–Trinajstić information content (AvgIpc) is 2.46. The van der Waals surface area contributed by atoms with Gasteiger partial charge in [-0.1, -0.05) is 61.0 Å². The number of nitrogens with one attached hydrogen (secondary N) is 1. The minimum absolute atomic E-state index is 0.321. The Bertz CT molecular complexity index is 519. The molecule has 1 nitrogen and oxygen atoms in total. The molecule has 2 rings (SSSR count). The second kappa shape index (κ2) is 6.74. The monoisotopic (exact) mass is 273 g/mol. The fraction of sp³-hybridized carbons (Fsp3) is 0.294. The molecule has 0 amide bonds. The summed E-state index contributed by atoms with van der Waals surface area (Å²) in [4.78, 5) is 0. The predicted molar refractivity (Wildman–Crippen MR) is 82.5 cm³/mol. The van der Waals surface area contributed by atoms with Crippen LogP contribution < -0.4 is 5.32 Å². The second-order valence-electron chi connectivity index (χ2n) is 4.79. The van der Waals surface area contributed by atoms with Crippen LogP contribution in [0.5, 0.6) is 0 Å². The van der Waals surface area contributed by atoms with Gasteiger partial charge in [-0.25, -0.2) is 0 Å². The molecule has 1 unspecified atom stereocenters. The maximum Gasteiger partial charge on any atom is 0.0450 e. The first-order chi connectivity index (χ1) is 9.20. The Morgan fingerprint density at radius 3 is 2.37 bits per heavy atom. The normalized spacial score (nSPS) is 12.4. The van der Waals surface area contributed by atoms with E-state index in [9.17, 15) is 0 Å². The molecule has 19 heavy (non-hydrogen) atoms. The number of hydrogen-bond acceptors (Lipinski definition) is 1. The minimum Gasteiger partial charge on any atom is -0.306 e. The summed E-state index contributed by atoms with van der Waals surface area (Å²) in [5.41, 5.74) is 3.83. The van der Waals surface area contributed by atoms with Gasteiger partial charge < -0.3 is 5.32 Å². The average molecular weight is 274 g/mol. The van der Waals surface area contributed by atoms with Gasteiger partial charge in [0, 0.05) is 17.6 Å². The van der Waals surface area contributed by atoms with Crippen molar-refractivity contribution in [3.05, 3.63) is 70.2 Å². The molecule has 100 valence electrons. The lowest BCUT2D eigenvalue weighted by atomic mass is 10.0. The summed E-state index contributed by atoms with van der Waals surface area (Å²) < 4.78 is 0. The van der Waals surface area contributed by atoms with E-state index in [-0.39, 0.29) is 0 Å². The third kappa shape index (κ3) is 3.82. The van der Waals surface area contributed by atoms with Crippen LogP contribution in [-0.2, 0) is 13.0 Å². The fourth-order valence-electron chi connectivity index (χ4n) is 2.06. The van der Waals surface area contributed by atoms with Crippen molar-refractivity contribution < 1.29 is 0 Å². The summed E-state index contributed by atoms with van der Waals surface area (Å²) in [7, 11) is 0. The van der Waals surface area contributed by atoms with Crippen molar-refractivity contribution in [2.45, 2.75) is 32.9 Å². The summed E-state index contributed by atoms with van der Waals surface area (Å²) in [5, 5.41) is 4.33. The molecule has 0 saturated carbocycles. The largest absolute Gasteiger partial charge is 0.306 e. The number of hydrogen-bond donors (Lipinski definition) is 1. The highest BCUT2D eigenvalue weighted by atomic mass is 35.5. The van der Waals surface area contributed by atoms with Gasteiger partial charge in [0.2, 0.25) is 0 Å². The molecule has 0 saturated heterocycles. The molecule has 1 N–H and O–H groups in total. The number of aryl methyl sites for hydroxylation is 1. The lowest BCUT2D eigenvalue weighted by molar-refractivity contribution is 0.574. The van der Waals surface area contributed by atoms with Gasteiger partial charge in [-0.05, 0) is 36.1 Å². The number of halogens is 1. The van der Waals surface area contributed by atoms with E-state index in [0.717, 1.165) is 23.6 Å². The first-order valence-corrected chi connectivity index (χ1v) is 7.14. The van der Waals surface area contributed by atoms with Crippen molar-refractivity contribution >= 4 is 11.6 Å². The Morgan fingerprint density at radius 2 is 1.74 bits per heavy atom. The van der Waals surface area contributed by atoms with E-state index in [1.165, 1.54) is 11.1 Å². The molecule has 0 fully saturated rings. The molecule has 0 bridgehead atoms. The first kappa shape index (κ1) is 14.1. The van der Waals surface area contributed by atoms with Crippen molar-refractivity contribution in [1.29, 1.82) is 0 Å². The van der Waals surface area contributed by atoms with E-state index in [1.807, 2.05) is 18.2 Å². The van der Waals surface area contributed by atoms with Crippen LogP contribution in [0.25, 0.3) is 0 Å². The zero-order valence-electron chi connectivity index (χ0n) is 11.5. The van der Waals surface area contributed by atoms with E-state index < -0.39 is 0 Å². The van der Waals surface area contributed by atoms with Crippen LogP contribution in [0.1, 0.15) is 36.6 Å². The van der Waals surface area contributed by atoms with Crippen LogP contribution in [0.2, 0.25) is 5.02 Å². The van der Waals surface area contributed by atoms with E-state index >= 15 is 0 Å². The molecule has 0 aliphatic rings. The van der Waals surface area contributed by atoms with Crippen LogP contribution in [0.4, 0.5) is 0 Å². The Kier molecular flexibility index (Phi) is 5.00. The third-order valence-corrected chi connectivity index (χ3v) is 3.81. The molecule has 1 atom stereocenters. The predicted octanol–water partition coefficient (Wildman–Crippen LogP) is 4.75. The molecule has 0 heterocycles. The Morgan fingerprint density at radius 1 is 1.05 bits per heavy atom. The molecular weight excluding hydrogens is 254 g/mol. The van der Waals surface area contributed by atoms with Crippen LogP contribution in [-0.4, -0.2) is 0 Å². The van der Waals surface area contributed by atoms with Gasteiger partial charge in [0.25, 0.3) is 0 Å². The third-order valence-electron chi connectivity index (χ3n) is 3.44. The van der Waals surface area contributed by atoms with Gasteiger partial charge in [-0.2, -0.15) is 0 Å². The Hall–Kier alpha value is -1.31. The minimum atomic E-state index is 0.321. The Balaban J connectivity index is 1.97. The quantitative estimate of drug-likeness (QED) is 0.829.